The maximum absolute atomic E-state index is 13.6. The van der Waals surface area contributed by atoms with Crippen LogP contribution in [0.25, 0.3) is 0 Å². The van der Waals surface area contributed by atoms with Crippen LogP contribution in [-0.2, 0) is 0 Å². The van der Waals surface area contributed by atoms with Gasteiger partial charge in [-0.2, -0.15) is 0 Å². The Balaban J connectivity index is 2.15. The Morgan fingerprint density at radius 3 is 2.60 bits per heavy atom. The molecular formula is C15H14F2N2O. The maximum Gasteiger partial charge on any atom is 0.254 e. The minimum atomic E-state index is -0.686. The van der Waals surface area contributed by atoms with Gasteiger partial charge in [0, 0.05) is 5.69 Å². The standard InChI is InChI=1S/C15H14F2N2O/c1-9(10-3-2-4-11(16)7-10)19-15(20)13-6-5-12(18)8-14(13)17/h2-9H,18H2,1H3,(H,19,20). The van der Waals surface area contributed by atoms with Crippen molar-refractivity contribution in [3.8, 4) is 0 Å². The summed E-state index contributed by atoms with van der Waals surface area (Å²) in [6, 6.07) is 9.30. The van der Waals surface area contributed by atoms with E-state index in [1.165, 1.54) is 24.3 Å². The molecule has 0 saturated carbocycles. The minimum Gasteiger partial charge on any atom is -0.399 e. The van der Waals surface area contributed by atoms with E-state index in [9.17, 15) is 13.6 Å². The molecule has 1 amide bonds. The molecule has 5 heteroatoms. The average Bonchev–Trinajstić information content (AvgIpc) is 2.38. The molecule has 20 heavy (non-hydrogen) atoms. The molecular weight excluding hydrogens is 262 g/mol. The average molecular weight is 276 g/mol. The highest BCUT2D eigenvalue weighted by Gasteiger charge is 2.15. The summed E-state index contributed by atoms with van der Waals surface area (Å²) in [5, 5.41) is 2.61. The van der Waals surface area contributed by atoms with E-state index in [-0.39, 0.29) is 17.1 Å². The second-order valence-corrected chi connectivity index (χ2v) is 4.49. The van der Waals surface area contributed by atoms with Gasteiger partial charge in [-0.3, -0.25) is 4.79 Å². The fourth-order valence-corrected chi connectivity index (χ4v) is 1.85. The van der Waals surface area contributed by atoms with Crippen LogP contribution < -0.4 is 11.1 Å². The topological polar surface area (TPSA) is 55.1 Å². The Kier molecular flexibility index (Phi) is 3.98. The Morgan fingerprint density at radius 2 is 1.95 bits per heavy atom. The van der Waals surface area contributed by atoms with Crippen LogP contribution in [0.1, 0.15) is 28.9 Å². The van der Waals surface area contributed by atoms with Crippen molar-refractivity contribution >= 4 is 11.6 Å². The van der Waals surface area contributed by atoms with E-state index in [1.54, 1.807) is 19.1 Å². The van der Waals surface area contributed by atoms with E-state index in [0.717, 1.165) is 6.07 Å². The third-order valence-electron chi connectivity index (χ3n) is 2.93. The molecule has 0 fully saturated rings. The molecule has 3 N–H and O–H groups in total. The maximum atomic E-state index is 13.6. The summed E-state index contributed by atoms with van der Waals surface area (Å²) in [6.07, 6.45) is 0. The Labute approximate surface area is 115 Å². The van der Waals surface area contributed by atoms with Gasteiger partial charge < -0.3 is 11.1 Å². The predicted octanol–water partition coefficient (Wildman–Crippen LogP) is 3.04. The van der Waals surface area contributed by atoms with Crippen LogP contribution in [0.15, 0.2) is 42.5 Å². The molecule has 0 aliphatic rings. The number of carbonyl (C=O) groups excluding carboxylic acids is 1. The summed E-state index contributed by atoms with van der Waals surface area (Å²) >= 11 is 0. The largest absolute Gasteiger partial charge is 0.399 e. The molecule has 0 bridgehead atoms. The number of hydrogen-bond acceptors (Lipinski definition) is 2. The first-order chi connectivity index (χ1) is 9.47. The molecule has 2 aromatic rings. The van der Waals surface area contributed by atoms with Gasteiger partial charge in [0.15, 0.2) is 0 Å². The Bertz CT molecular complexity index is 644. The molecule has 0 aromatic heterocycles. The quantitative estimate of drug-likeness (QED) is 0.847. The van der Waals surface area contributed by atoms with E-state index in [4.69, 9.17) is 5.73 Å². The van der Waals surface area contributed by atoms with E-state index < -0.39 is 17.8 Å². The van der Waals surface area contributed by atoms with Crippen LogP contribution in [0.4, 0.5) is 14.5 Å². The van der Waals surface area contributed by atoms with Gasteiger partial charge in [0.25, 0.3) is 5.91 Å². The van der Waals surface area contributed by atoms with Gasteiger partial charge >= 0.3 is 0 Å². The van der Waals surface area contributed by atoms with Crippen molar-refractivity contribution in [3.63, 3.8) is 0 Å². The number of nitrogens with one attached hydrogen (secondary N) is 1. The van der Waals surface area contributed by atoms with Gasteiger partial charge in [0.2, 0.25) is 0 Å². The smallest absolute Gasteiger partial charge is 0.254 e. The highest BCUT2D eigenvalue weighted by atomic mass is 19.1. The second-order valence-electron chi connectivity index (χ2n) is 4.49. The summed E-state index contributed by atoms with van der Waals surface area (Å²) in [5.41, 5.74) is 6.18. The van der Waals surface area contributed by atoms with E-state index in [0.29, 0.717) is 5.56 Å². The fourth-order valence-electron chi connectivity index (χ4n) is 1.85. The molecule has 0 saturated heterocycles. The van der Waals surface area contributed by atoms with Crippen molar-refractivity contribution in [2.24, 2.45) is 0 Å². The lowest BCUT2D eigenvalue weighted by atomic mass is 10.1. The molecule has 0 aliphatic carbocycles. The third kappa shape index (κ3) is 3.12. The summed E-state index contributed by atoms with van der Waals surface area (Å²) in [6.45, 7) is 1.70. The van der Waals surface area contributed by atoms with Crippen LogP contribution in [0, 0.1) is 11.6 Å². The normalized spacial score (nSPS) is 11.9. The van der Waals surface area contributed by atoms with E-state index >= 15 is 0 Å². The number of nitrogen functional groups attached to an aromatic ring is 1. The number of benzene rings is 2. The Hall–Kier alpha value is -2.43. The molecule has 0 heterocycles. The van der Waals surface area contributed by atoms with Crippen molar-refractivity contribution in [1.82, 2.24) is 5.32 Å². The van der Waals surface area contributed by atoms with Gasteiger partial charge in [-0.05, 0) is 42.8 Å². The SMILES string of the molecule is CC(NC(=O)c1ccc(N)cc1F)c1cccc(F)c1. The van der Waals surface area contributed by atoms with Crippen LogP contribution in [0.2, 0.25) is 0 Å². The summed E-state index contributed by atoms with van der Waals surface area (Å²) in [7, 11) is 0. The lowest BCUT2D eigenvalue weighted by Gasteiger charge is -2.15. The number of hydrogen-bond donors (Lipinski definition) is 2. The van der Waals surface area contributed by atoms with Gasteiger partial charge in [0.1, 0.15) is 11.6 Å². The number of anilines is 1. The highest BCUT2D eigenvalue weighted by molar-refractivity contribution is 5.95. The molecule has 1 unspecified atom stereocenters. The van der Waals surface area contributed by atoms with E-state index in [2.05, 4.69) is 5.32 Å². The molecule has 0 radical (unpaired) electrons. The van der Waals surface area contributed by atoms with Gasteiger partial charge in [0.05, 0.1) is 11.6 Å². The predicted molar refractivity (Wildman–Crippen MR) is 73.1 cm³/mol. The van der Waals surface area contributed by atoms with Crippen molar-refractivity contribution in [2.45, 2.75) is 13.0 Å². The zero-order valence-corrected chi connectivity index (χ0v) is 10.9. The van der Waals surface area contributed by atoms with E-state index in [1.807, 2.05) is 0 Å². The third-order valence-corrected chi connectivity index (χ3v) is 2.93. The molecule has 0 aliphatic heterocycles. The van der Waals surface area contributed by atoms with Crippen molar-refractivity contribution in [3.05, 3.63) is 65.2 Å². The number of nitrogens with two attached hydrogens (primary N) is 1. The van der Waals surface area contributed by atoms with Crippen molar-refractivity contribution in [1.29, 1.82) is 0 Å². The van der Waals surface area contributed by atoms with Crippen LogP contribution in [0.5, 0.6) is 0 Å². The molecule has 2 rings (SSSR count). The number of halogens is 2. The number of rotatable bonds is 3. The first kappa shape index (κ1) is 14.0. The lowest BCUT2D eigenvalue weighted by Crippen LogP contribution is -2.27. The molecule has 1 atom stereocenters. The minimum absolute atomic E-state index is 0.0950. The van der Waals surface area contributed by atoms with Crippen LogP contribution in [0.3, 0.4) is 0 Å². The first-order valence-electron chi connectivity index (χ1n) is 6.08. The zero-order valence-electron chi connectivity index (χ0n) is 10.9. The Morgan fingerprint density at radius 1 is 1.20 bits per heavy atom. The monoisotopic (exact) mass is 276 g/mol. The molecule has 104 valence electrons. The fraction of sp³-hybridized carbons (Fsp3) is 0.133. The number of carbonyl (C=O) groups is 1. The van der Waals surface area contributed by atoms with Crippen molar-refractivity contribution in [2.75, 3.05) is 5.73 Å². The summed E-state index contributed by atoms with van der Waals surface area (Å²) in [5.74, 6) is -1.64. The van der Waals surface area contributed by atoms with Crippen LogP contribution >= 0.6 is 0 Å². The molecule has 2 aromatic carbocycles. The lowest BCUT2D eigenvalue weighted by molar-refractivity contribution is 0.0936. The summed E-state index contributed by atoms with van der Waals surface area (Å²) < 4.78 is 26.7. The highest BCUT2D eigenvalue weighted by Crippen LogP contribution is 2.16. The van der Waals surface area contributed by atoms with Gasteiger partial charge in [-0.1, -0.05) is 12.1 Å². The zero-order chi connectivity index (χ0) is 14.7. The molecule has 3 nitrogen and oxygen atoms in total. The summed E-state index contributed by atoms with van der Waals surface area (Å²) in [4.78, 5) is 12.0. The first-order valence-corrected chi connectivity index (χ1v) is 6.08. The second kappa shape index (κ2) is 5.69. The van der Waals surface area contributed by atoms with Gasteiger partial charge in [-0.15, -0.1) is 0 Å². The molecule has 0 spiro atoms. The van der Waals surface area contributed by atoms with Gasteiger partial charge in [-0.25, -0.2) is 8.78 Å². The number of amides is 1. The van der Waals surface area contributed by atoms with Crippen LogP contribution in [-0.4, -0.2) is 5.91 Å². The van der Waals surface area contributed by atoms with Crippen molar-refractivity contribution < 1.29 is 13.6 Å².